The molecule has 0 atom stereocenters. The first kappa shape index (κ1) is 15.4. The fraction of sp³-hybridized carbons (Fsp3) is 0.357. The lowest BCUT2D eigenvalue weighted by molar-refractivity contribution is -0.144. The van der Waals surface area contributed by atoms with Gasteiger partial charge in [0.05, 0.1) is 13.2 Å². The smallest absolute Gasteiger partial charge is 0.316 e. The van der Waals surface area contributed by atoms with Crippen LogP contribution in [-0.2, 0) is 9.53 Å². The second-order valence-corrected chi connectivity index (χ2v) is 5.36. The van der Waals surface area contributed by atoms with Crippen molar-refractivity contribution in [3.05, 3.63) is 24.3 Å². The maximum Gasteiger partial charge on any atom is 0.316 e. The second-order valence-electron chi connectivity index (χ2n) is 4.43. The molecule has 1 aromatic heterocycles. The second kappa shape index (κ2) is 7.12. The number of carbonyl (C=O) groups excluding carboxylic acids is 1. The van der Waals surface area contributed by atoms with Gasteiger partial charge in [0.15, 0.2) is 0 Å². The molecule has 0 aliphatic heterocycles. The van der Waals surface area contributed by atoms with Crippen LogP contribution in [0.3, 0.4) is 0 Å². The third-order valence-corrected chi connectivity index (χ3v) is 3.22. The summed E-state index contributed by atoms with van der Waals surface area (Å²) in [6.07, 6.45) is -0.129. The minimum absolute atomic E-state index is 0.129. The van der Waals surface area contributed by atoms with Gasteiger partial charge >= 0.3 is 5.97 Å². The maximum absolute atomic E-state index is 11.4. The highest BCUT2D eigenvalue weighted by Crippen LogP contribution is 2.24. The van der Waals surface area contributed by atoms with Crippen LogP contribution in [-0.4, -0.2) is 35.1 Å². The number of rotatable bonds is 6. The van der Waals surface area contributed by atoms with Crippen molar-refractivity contribution < 1.29 is 18.7 Å². The molecule has 1 heterocycles. The largest absolute Gasteiger partial charge is 0.497 e. The van der Waals surface area contributed by atoms with E-state index in [1.54, 1.807) is 21.0 Å². The molecule has 0 saturated heterocycles. The number of carbonyl (C=O) groups is 1. The van der Waals surface area contributed by atoms with Crippen LogP contribution in [0.15, 0.2) is 33.9 Å². The number of hydrogen-bond acceptors (Lipinski definition) is 7. The van der Waals surface area contributed by atoms with Crippen LogP contribution in [0.1, 0.15) is 13.8 Å². The quantitative estimate of drug-likeness (QED) is 0.600. The van der Waals surface area contributed by atoms with E-state index in [-0.39, 0.29) is 17.8 Å². The van der Waals surface area contributed by atoms with E-state index in [2.05, 4.69) is 10.2 Å². The summed E-state index contributed by atoms with van der Waals surface area (Å²) in [7, 11) is 1.60. The third kappa shape index (κ3) is 4.49. The Bertz CT molecular complexity index is 595. The molecular weight excluding hydrogens is 292 g/mol. The van der Waals surface area contributed by atoms with Gasteiger partial charge in [0.1, 0.15) is 11.5 Å². The van der Waals surface area contributed by atoms with E-state index in [1.807, 2.05) is 24.3 Å². The fourth-order valence-corrected chi connectivity index (χ4v) is 2.08. The Balaban J connectivity index is 1.96. The summed E-state index contributed by atoms with van der Waals surface area (Å²) in [5, 5.41) is 8.18. The van der Waals surface area contributed by atoms with E-state index in [0.717, 1.165) is 23.1 Å². The van der Waals surface area contributed by atoms with E-state index < -0.39 is 0 Å². The van der Waals surface area contributed by atoms with Crippen molar-refractivity contribution in [2.75, 3.05) is 12.9 Å². The van der Waals surface area contributed by atoms with Crippen molar-refractivity contribution in [3.63, 3.8) is 0 Å². The van der Waals surface area contributed by atoms with Crippen LogP contribution in [0.4, 0.5) is 0 Å². The van der Waals surface area contributed by atoms with Crippen molar-refractivity contribution >= 4 is 17.7 Å². The van der Waals surface area contributed by atoms with Gasteiger partial charge in [-0.05, 0) is 38.1 Å². The predicted octanol–water partition coefficient (Wildman–Crippen LogP) is 2.79. The molecule has 0 N–H and O–H groups in total. The van der Waals surface area contributed by atoms with Gasteiger partial charge in [0.2, 0.25) is 5.89 Å². The first-order chi connectivity index (χ1) is 10.1. The Morgan fingerprint density at radius 3 is 2.62 bits per heavy atom. The summed E-state index contributed by atoms with van der Waals surface area (Å²) in [4.78, 5) is 11.4. The normalized spacial score (nSPS) is 10.7. The van der Waals surface area contributed by atoms with E-state index in [0.29, 0.717) is 11.1 Å². The number of benzene rings is 1. The Labute approximate surface area is 126 Å². The predicted molar refractivity (Wildman–Crippen MR) is 78.2 cm³/mol. The summed E-state index contributed by atoms with van der Waals surface area (Å²) in [5.74, 6) is 0.989. The number of ether oxygens (including phenoxy) is 2. The maximum atomic E-state index is 11.4. The molecule has 0 unspecified atom stereocenters. The van der Waals surface area contributed by atoms with E-state index in [1.165, 1.54) is 0 Å². The highest BCUT2D eigenvalue weighted by molar-refractivity contribution is 7.99. The molecule has 0 saturated carbocycles. The molecule has 0 spiro atoms. The summed E-state index contributed by atoms with van der Waals surface area (Å²) in [6.45, 7) is 3.61. The van der Waals surface area contributed by atoms with Gasteiger partial charge in [-0.25, -0.2) is 0 Å². The molecule has 0 amide bonds. The molecule has 0 aliphatic rings. The van der Waals surface area contributed by atoms with E-state index in [9.17, 15) is 4.79 Å². The molecule has 2 aromatic rings. The Hall–Kier alpha value is -2.02. The lowest BCUT2D eigenvalue weighted by Gasteiger charge is -2.05. The van der Waals surface area contributed by atoms with Gasteiger partial charge in [0.25, 0.3) is 5.22 Å². The van der Waals surface area contributed by atoms with Crippen LogP contribution in [0, 0.1) is 0 Å². The zero-order valence-electron chi connectivity index (χ0n) is 12.0. The summed E-state index contributed by atoms with van der Waals surface area (Å²) >= 11 is 1.15. The number of aromatic nitrogens is 2. The summed E-state index contributed by atoms with van der Waals surface area (Å²) in [6, 6.07) is 7.28. The average molecular weight is 308 g/mol. The minimum atomic E-state index is -0.306. The van der Waals surface area contributed by atoms with Crippen LogP contribution in [0.2, 0.25) is 0 Å². The molecule has 0 bridgehead atoms. The molecule has 112 valence electrons. The van der Waals surface area contributed by atoms with Gasteiger partial charge in [0, 0.05) is 5.56 Å². The topological polar surface area (TPSA) is 74.5 Å². The molecule has 7 heteroatoms. The van der Waals surface area contributed by atoms with Gasteiger partial charge < -0.3 is 13.9 Å². The van der Waals surface area contributed by atoms with Gasteiger partial charge in [-0.2, -0.15) is 0 Å². The van der Waals surface area contributed by atoms with Crippen LogP contribution < -0.4 is 4.74 Å². The number of esters is 1. The monoisotopic (exact) mass is 308 g/mol. The SMILES string of the molecule is COc1ccc(-c2nnc(SCC(=O)OC(C)C)o2)cc1. The molecule has 0 radical (unpaired) electrons. The van der Waals surface area contributed by atoms with Crippen molar-refractivity contribution in [1.29, 1.82) is 0 Å². The third-order valence-electron chi connectivity index (χ3n) is 2.42. The van der Waals surface area contributed by atoms with Gasteiger partial charge in [-0.1, -0.05) is 11.8 Å². The van der Waals surface area contributed by atoms with Gasteiger partial charge in [-0.3, -0.25) is 4.79 Å². The molecule has 21 heavy (non-hydrogen) atoms. The summed E-state index contributed by atoms with van der Waals surface area (Å²) in [5.41, 5.74) is 0.792. The Morgan fingerprint density at radius 2 is 2.00 bits per heavy atom. The molecule has 0 aliphatic carbocycles. The number of hydrogen-bond donors (Lipinski definition) is 0. The lowest BCUT2D eigenvalue weighted by atomic mass is 10.2. The van der Waals surface area contributed by atoms with Crippen LogP contribution >= 0.6 is 11.8 Å². The van der Waals surface area contributed by atoms with Crippen molar-refractivity contribution in [3.8, 4) is 17.2 Å². The van der Waals surface area contributed by atoms with Crippen molar-refractivity contribution in [2.24, 2.45) is 0 Å². The van der Waals surface area contributed by atoms with Gasteiger partial charge in [-0.15, -0.1) is 10.2 Å². The first-order valence-electron chi connectivity index (χ1n) is 6.38. The number of nitrogens with zero attached hydrogens (tertiary/aromatic N) is 2. The minimum Gasteiger partial charge on any atom is -0.497 e. The lowest BCUT2D eigenvalue weighted by Crippen LogP contribution is -2.13. The van der Waals surface area contributed by atoms with Crippen LogP contribution in [0.25, 0.3) is 11.5 Å². The van der Waals surface area contributed by atoms with Crippen molar-refractivity contribution in [2.45, 2.75) is 25.2 Å². The average Bonchev–Trinajstić information content (AvgIpc) is 2.93. The molecule has 0 fully saturated rings. The molecule has 1 aromatic carbocycles. The van der Waals surface area contributed by atoms with E-state index >= 15 is 0 Å². The first-order valence-corrected chi connectivity index (χ1v) is 7.37. The highest BCUT2D eigenvalue weighted by Gasteiger charge is 2.12. The Morgan fingerprint density at radius 1 is 1.29 bits per heavy atom. The molecule has 6 nitrogen and oxygen atoms in total. The summed E-state index contributed by atoms with van der Waals surface area (Å²) < 4.78 is 15.6. The molecular formula is C14H16N2O4S. The highest BCUT2D eigenvalue weighted by atomic mass is 32.2. The number of thioether (sulfide) groups is 1. The molecule has 2 rings (SSSR count). The fourth-order valence-electron chi connectivity index (χ4n) is 1.54. The van der Waals surface area contributed by atoms with Crippen LogP contribution in [0.5, 0.6) is 5.75 Å². The standard InChI is InChI=1S/C14H16N2O4S/c1-9(2)19-12(17)8-21-14-16-15-13(20-14)10-4-6-11(18-3)7-5-10/h4-7,9H,8H2,1-3H3. The van der Waals surface area contributed by atoms with Crippen molar-refractivity contribution in [1.82, 2.24) is 10.2 Å². The Kier molecular flexibility index (Phi) is 5.21. The van der Waals surface area contributed by atoms with E-state index in [4.69, 9.17) is 13.9 Å². The zero-order valence-corrected chi connectivity index (χ0v) is 12.8. The zero-order chi connectivity index (χ0) is 15.2. The number of methoxy groups -OCH3 is 1.